The third kappa shape index (κ3) is 7.42. The standard InChI is InChI=1S/C16H13Cl6N3O2/c17-15(18,19)13-23-12(24-14(25-13)16(20,21)22)7-4-10-2-5-11(6-3-10)27-9-1-8-26/h2-7,26H,1,8-9H2/b7-4+. The Hall–Kier alpha value is -0.530. The van der Waals surface area contributed by atoms with Crippen molar-refractivity contribution in [3.63, 3.8) is 0 Å². The van der Waals surface area contributed by atoms with E-state index in [1.807, 2.05) is 12.1 Å². The molecule has 5 nitrogen and oxygen atoms in total. The summed E-state index contributed by atoms with van der Waals surface area (Å²) >= 11 is 35.0. The Kier molecular flexibility index (Phi) is 8.25. The van der Waals surface area contributed by atoms with Gasteiger partial charge in [0.15, 0.2) is 17.5 Å². The molecule has 146 valence electrons. The fourth-order valence-corrected chi connectivity index (χ4v) is 2.33. The molecule has 2 aromatic rings. The van der Waals surface area contributed by atoms with Crippen LogP contribution in [-0.4, -0.2) is 33.3 Å². The van der Waals surface area contributed by atoms with Gasteiger partial charge >= 0.3 is 0 Å². The van der Waals surface area contributed by atoms with Crippen molar-refractivity contribution in [2.75, 3.05) is 13.2 Å². The summed E-state index contributed by atoms with van der Waals surface area (Å²) in [6.45, 7) is 0.523. The fraction of sp³-hybridized carbons (Fsp3) is 0.312. The Morgan fingerprint density at radius 2 is 1.41 bits per heavy atom. The largest absolute Gasteiger partial charge is 0.494 e. The van der Waals surface area contributed by atoms with E-state index in [0.717, 1.165) is 5.56 Å². The second-order valence-corrected chi connectivity index (χ2v) is 9.73. The molecule has 1 aromatic carbocycles. The number of hydrogen-bond donors (Lipinski definition) is 1. The summed E-state index contributed by atoms with van der Waals surface area (Å²) in [7, 11) is 0. The summed E-state index contributed by atoms with van der Waals surface area (Å²) in [4.78, 5) is 12.0. The molecule has 0 saturated heterocycles. The van der Waals surface area contributed by atoms with Crippen molar-refractivity contribution in [2.45, 2.75) is 14.0 Å². The number of alkyl halides is 6. The van der Waals surface area contributed by atoms with E-state index < -0.39 is 7.59 Å². The second-order valence-electron chi connectivity index (χ2n) is 5.16. The van der Waals surface area contributed by atoms with Crippen LogP contribution in [0.1, 0.15) is 29.5 Å². The molecule has 0 saturated carbocycles. The average Bonchev–Trinajstić information content (AvgIpc) is 2.59. The molecule has 0 bridgehead atoms. The van der Waals surface area contributed by atoms with Crippen LogP contribution in [0.2, 0.25) is 0 Å². The molecule has 0 spiro atoms. The van der Waals surface area contributed by atoms with Gasteiger partial charge in [-0.1, -0.05) is 87.8 Å². The molecule has 1 heterocycles. The van der Waals surface area contributed by atoms with Crippen molar-refractivity contribution < 1.29 is 9.84 Å². The van der Waals surface area contributed by atoms with E-state index in [2.05, 4.69) is 15.0 Å². The summed E-state index contributed by atoms with van der Waals surface area (Å²) < 4.78 is 1.67. The average molecular weight is 492 g/mol. The topological polar surface area (TPSA) is 68.1 Å². The van der Waals surface area contributed by atoms with Crippen LogP contribution in [0.4, 0.5) is 0 Å². The number of halogens is 6. The molecule has 1 aromatic heterocycles. The number of hydrogen-bond acceptors (Lipinski definition) is 5. The van der Waals surface area contributed by atoms with Gasteiger partial charge in [0.2, 0.25) is 7.59 Å². The number of ether oxygens (including phenoxy) is 1. The van der Waals surface area contributed by atoms with Crippen LogP contribution in [0.25, 0.3) is 12.2 Å². The van der Waals surface area contributed by atoms with E-state index in [-0.39, 0.29) is 24.1 Å². The predicted molar refractivity (Wildman–Crippen MR) is 111 cm³/mol. The van der Waals surface area contributed by atoms with Gasteiger partial charge in [-0.05, 0) is 23.8 Å². The molecule has 0 fully saturated rings. The van der Waals surface area contributed by atoms with Crippen LogP contribution >= 0.6 is 69.6 Å². The first-order valence-electron chi connectivity index (χ1n) is 7.52. The maximum absolute atomic E-state index is 8.75. The van der Waals surface area contributed by atoms with E-state index >= 15 is 0 Å². The molecular formula is C16H13Cl6N3O2. The fourth-order valence-electron chi connectivity index (χ4n) is 1.82. The van der Waals surface area contributed by atoms with Crippen molar-refractivity contribution in [1.29, 1.82) is 0 Å². The lowest BCUT2D eigenvalue weighted by Crippen LogP contribution is -2.16. The van der Waals surface area contributed by atoms with Gasteiger partial charge in [0.25, 0.3) is 0 Å². The number of aliphatic hydroxyl groups is 1. The zero-order valence-corrected chi connectivity index (χ0v) is 18.1. The quantitative estimate of drug-likeness (QED) is 0.429. The molecule has 11 heteroatoms. The third-order valence-electron chi connectivity index (χ3n) is 3.04. The number of benzene rings is 1. The molecule has 1 N–H and O–H groups in total. The van der Waals surface area contributed by atoms with Crippen molar-refractivity contribution in [3.8, 4) is 5.75 Å². The maximum Gasteiger partial charge on any atom is 0.250 e. The van der Waals surface area contributed by atoms with Gasteiger partial charge in [0, 0.05) is 13.0 Å². The number of nitrogens with zero attached hydrogens (tertiary/aromatic N) is 3. The first-order valence-corrected chi connectivity index (χ1v) is 9.78. The summed E-state index contributed by atoms with van der Waals surface area (Å²) in [5.74, 6) is 0.542. The Morgan fingerprint density at radius 1 is 0.852 bits per heavy atom. The first-order chi connectivity index (χ1) is 12.6. The van der Waals surface area contributed by atoms with E-state index in [9.17, 15) is 0 Å². The minimum atomic E-state index is -1.90. The van der Waals surface area contributed by atoms with Gasteiger partial charge in [-0.2, -0.15) is 0 Å². The Morgan fingerprint density at radius 3 is 1.89 bits per heavy atom. The van der Waals surface area contributed by atoms with Gasteiger partial charge < -0.3 is 9.84 Å². The molecule has 27 heavy (non-hydrogen) atoms. The SMILES string of the molecule is OCCCOc1ccc(/C=C/c2nc(C(Cl)(Cl)Cl)nc(C(Cl)(Cl)Cl)n2)cc1. The van der Waals surface area contributed by atoms with Crippen LogP contribution in [0.5, 0.6) is 5.75 Å². The maximum atomic E-state index is 8.75. The molecule has 0 aliphatic heterocycles. The molecule has 0 radical (unpaired) electrons. The Labute approximate surface area is 186 Å². The lowest BCUT2D eigenvalue weighted by atomic mass is 10.2. The van der Waals surface area contributed by atoms with Gasteiger partial charge in [0.1, 0.15) is 5.75 Å². The van der Waals surface area contributed by atoms with Crippen molar-refractivity contribution in [2.24, 2.45) is 0 Å². The van der Waals surface area contributed by atoms with E-state index in [0.29, 0.717) is 18.8 Å². The zero-order valence-electron chi connectivity index (χ0n) is 13.6. The van der Waals surface area contributed by atoms with E-state index in [4.69, 9.17) is 79.4 Å². The molecule has 0 unspecified atom stereocenters. The minimum absolute atomic E-state index is 0.0825. The normalized spacial score (nSPS) is 12.6. The number of aliphatic hydroxyl groups excluding tert-OH is 1. The monoisotopic (exact) mass is 489 g/mol. The summed E-state index contributed by atoms with van der Waals surface area (Å²) in [5, 5.41) is 8.75. The summed E-state index contributed by atoms with van der Waals surface area (Å²) in [6.07, 6.45) is 3.87. The Balaban J connectivity index is 2.22. The summed E-state index contributed by atoms with van der Waals surface area (Å²) in [5.41, 5.74) is 0.843. The second kappa shape index (κ2) is 9.79. The highest BCUT2D eigenvalue weighted by atomic mass is 35.6. The molecule has 0 aliphatic rings. The van der Waals surface area contributed by atoms with E-state index in [1.165, 1.54) is 0 Å². The van der Waals surface area contributed by atoms with Gasteiger partial charge in [-0.25, -0.2) is 15.0 Å². The van der Waals surface area contributed by atoms with Crippen LogP contribution in [0.15, 0.2) is 24.3 Å². The highest BCUT2D eigenvalue weighted by Gasteiger charge is 2.33. The van der Waals surface area contributed by atoms with Crippen molar-refractivity contribution in [3.05, 3.63) is 47.3 Å². The van der Waals surface area contributed by atoms with Crippen LogP contribution < -0.4 is 4.74 Å². The molecule has 0 amide bonds. The number of aromatic nitrogens is 3. The minimum Gasteiger partial charge on any atom is -0.494 e. The van der Waals surface area contributed by atoms with Crippen LogP contribution in [0, 0.1) is 0 Å². The highest BCUT2D eigenvalue weighted by molar-refractivity contribution is 6.67. The molecule has 0 atom stereocenters. The number of rotatable bonds is 6. The van der Waals surface area contributed by atoms with Crippen LogP contribution in [0.3, 0.4) is 0 Å². The zero-order chi connectivity index (χ0) is 20.1. The van der Waals surface area contributed by atoms with Gasteiger partial charge in [-0.15, -0.1) is 0 Å². The summed E-state index contributed by atoms with van der Waals surface area (Å²) in [6, 6.07) is 7.25. The molecule has 0 aliphatic carbocycles. The lowest BCUT2D eigenvalue weighted by molar-refractivity contribution is 0.233. The van der Waals surface area contributed by atoms with Crippen molar-refractivity contribution >= 4 is 81.8 Å². The van der Waals surface area contributed by atoms with Crippen LogP contribution in [-0.2, 0) is 7.59 Å². The third-order valence-corrected chi connectivity index (χ3v) is 4.05. The first kappa shape index (κ1) is 22.8. The molecule has 2 rings (SSSR count). The Bertz CT molecular complexity index is 756. The van der Waals surface area contributed by atoms with Gasteiger partial charge in [-0.3, -0.25) is 0 Å². The smallest absolute Gasteiger partial charge is 0.250 e. The highest BCUT2D eigenvalue weighted by Crippen LogP contribution is 2.39. The lowest BCUT2D eigenvalue weighted by Gasteiger charge is -2.14. The predicted octanol–water partition coefficient (Wildman–Crippen LogP) is 5.46. The van der Waals surface area contributed by atoms with E-state index in [1.54, 1.807) is 24.3 Å². The molecular weight excluding hydrogens is 479 g/mol. The van der Waals surface area contributed by atoms with Crippen molar-refractivity contribution in [1.82, 2.24) is 15.0 Å². The van der Waals surface area contributed by atoms with Gasteiger partial charge in [0.05, 0.1) is 6.61 Å².